The van der Waals surface area contributed by atoms with E-state index in [0.29, 0.717) is 6.54 Å². The standard InChI is InChI=1S/C13H16N4O/c1-3-14-12-7-11(4-5-15-12)8-17-9-16-10(2)6-13(17)18/h4-7,9H,3,8H2,1-2H3,(H,14,15). The van der Waals surface area contributed by atoms with Gasteiger partial charge in [0.15, 0.2) is 0 Å². The van der Waals surface area contributed by atoms with Gasteiger partial charge in [-0.05, 0) is 31.5 Å². The lowest BCUT2D eigenvalue weighted by molar-refractivity contribution is 0.729. The largest absolute Gasteiger partial charge is 0.370 e. The highest BCUT2D eigenvalue weighted by molar-refractivity contribution is 5.37. The Balaban J connectivity index is 2.23. The van der Waals surface area contributed by atoms with Crippen LogP contribution in [-0.4, -0.2) is 21.1 Å². The zero-order valence-electron chi connectivity index (χ0n) is 10.6. The summed E-state index contributed by atoms with van der Waals surface area (Å²) in [6.07, 6.45) is 3.31. The minimum atomic E-state index is -0.0377. The van der Waals surface area contributed by atoms with E-state index in [9.17, 15) is 4.79 Å². The van der Waals surface area contributed by atoms with Gasteiger partial charge >= 0.3 is 0 Å². The monoisotopic (exact) mass is 244 g/mol. The fourth-order valence-electron chi connectivity index (χ4n) is 1.68. The van der Waals surface area contributed by atoms with Gasteiger partial charge in [0.25, 0.3) is 5.56 Å². The maximum atomic E-state index is 11.7. The minimum absolute atomic E-state index is 0.0377. The maximum Gasteiger partial charge on any atom is 0.253 e. The van der Waals surface area contributed by atoms with Crippen molar-refractivity contribution in [1.29, 1.82) is 0 Å². The lowest BCUT2D eigenvalue weighted by Crippen LogP contribution is -2.20. The van der Waals surface area contributed by atoms with Crippen LogP contribution in [0.15, 0.2) is 35.5 Å². The molecule has 2 aromatic heterocycles. The molecule has 1 N–H and O–H groups in total. The van der Waals surface area contributed by atoms with Gasteiger partial charge in [0.05, 0.1) is 12.9 Å². The van der Waals surface area contributed by atoms with E-state index in [1.165, 1.54) is 6.07 Å². The Morgan fingerprint density at radius 1 is 1.33 bits per heavy atom. The lowest BCUT2D eigenvalue weighted by atomic mass is 10.2. The van der Waals surface area contributed by atoms with Crippen LogP contribution < -0.4 is 10.9 Å². The van der Waals surface area contributed by atoms with Crippen LogP contribution in [0.4, 0.5) is 5.82 Å². The molecular weight excluding hydrogens is 228 g/mol. The number of nitrogens with zero attached hydrogens (tertiary/aromatic N) is 3. The number of hydrogen-bond donors (Lipinski definition) is 1. The molecule has 0 saturated carbocycles. The molecule has 0 aliphatic rings. The summed E-state index contributed by atoms with van der Waals surface area (Å²) in [5, 5.41) is 3.14. The van der Waals surface area contributed by atoms with E-state index >= 15 is 0 Å². The van der Waals surface area contributed by atoms with Crippen molar-refractivity contribution >= 4 is 5.82 Å². The van der Waals surface area contributed by atoms with Crippen LogP contribution in [0.5, 0.6) is 0 Å². The van der Waals surface area contributed by atoms with Crippen molar-refractivity contribution < 1.29 is 0 Å². The van der Waals surface area contributed by atoms with Crippen molar-refractivity contribution in [3.8, 4) is 0 Å². The second-order valence-electron chi connectivity index (χ2n) is 4.08. The third-order valence-electron chi connectivity index (χ3n) is 2.55. The highest BCUT2D eigenvalue weighted by atomic mass is 16.1. The first-order chi connectivity index (χ1) is 8.69. The van der Waals surface area contributed by atoms with Crippen LogP contribution >= 0.6 is 0 Å². The average molecular weight is 244 g/mol. The van der Waals surface area contributed by atoms with Gasteiger partial charge in [0.1, 0.15) is 5.82 Å². The van der Waals surface area contributed by atoms with Crippen LogP contribution in [0.3, 0.4) is 0 Å². The van der Waals surface area contributed by atoms with Crippen LogP contribution in [0.2, 0.25) is 0 Å². The fraction of sp³-hybridized carbons (Fsp3) is 0.308. The van der Waals surface area contributed by atoms with E-state index in [4.69, 9.17) is 0 Å². The van der Waals surface area contributed by atoms with E-state index in [1.54, 1.807) is 24.0 Å². The second-order valence-corrected chi connectivity index (χ2v) is 4.08. The van der Waals surface area contributed by atoms with Gasteiger partial charge in [-0.1, -0.05) is 0 Å². The maximum absolute atomic E-state index is 11.7. The zero-order valence-corrected chi connectivity index (χ0v) is 10.6. The predicted octanol–water partition coefficient (Wildman–Crippen LogP) is 1.43. The predicted molar refractivity (Wildman–Crippen MR) is 70.7 cm³/mol. The summed E-state index contributed by atoms with van der Waals surface area (Å²) in [4.78, 5) is 20.1. The number of anilines is 1. The number of nitrogens with one attached hydrogen (secondary N) is 1. The first-order valence-electron chi connectivity index (χ1n) is 5.91. The van der Waals surface area contributed by atoms with Gasteiger partial charge in [-0.15, -0.1) is 0 Å². The van der Waals surface area contributed by atoms with Crippen LogP contribution in [0, 0.1) is 6.92 Å². The summed E-state index contributed by atoms with van der Waals surface area (Å²) in [5.74, 6) is 0.822. The molecule has 94 valence electrons. The Labute approximate surface area is 106 Å². The van der Waals surface area contributed by atoms with Crippen LogP contribution in [-0.2, 0) is 6.54 Å². The van der Waals surface area contributed by atoms with Crippen molar-refractivity contribution in [3.63, 3.8) is 0 Å². The van der Waals surface area contributed by atoms with Gasteiger partial charge in [-0.25, -0.2) is 9.97 Å². The first-order valence-corrected chi connectivity index (χ1v) is 5.91. The summed E-state index contributed by atoms with van der Waals surface area (Å²) in [5.41, 5.74) is 1.72. The molecule has 0 bridgehead atoms. The van der Waals surface area contributed by atoms with Crippen molar-refractivity contribution in [3.05, 3.63) is 52.3 Å². The smallest absolute Gasteiger partial charge is 0.253 e. The molecule has 0 spiro atoms. The molecule has 18 heavy (non-hydrogen) atoms. The van der Waals surface area contributed by atoms with Gasteiger partial charge in [0, 0.05) is 24.5 Å². The van der Waals surface area contributed by atoms with E-state index < -0.39 is 0 Å². The number of rotatable bonds is 4. The second kappa shape index (κ2) is 5.44. The quantitative estimate of drug-likeness (QED) is 0.883. The Morgan fingerprint density at radius 3 is 2.89 bits per heavy atom. The summed E-state index contributed by atoms with van der Waals surface area (Å²) in [7, 11) is 0. The molecule has 0 aliphatic carbocycles. The molecule has 0 aliphatic heterocycles. The van der Waals surface area contributed by atoms with E-state index in [1.807, 2.05) is 19.1 Å². The van der Waals surface area contributed by atoms with E-state index in [-0.39, 0.29) is 5.56 Å². The summed E-state index contributed by atoms with van der Waals surface area (Å²) in [6, 6.07) is 5.37. The average Bonchev–Trinajstić information content (AvgIpc) is 2.34. The minimum Gasteiger partial charge on any atom is -0.370 e. The Kier molecular flexibility index (Phi) is 3.72. The number of aryl methyl sites for hydroxylation is 1. The molecule has 0 saturated heterocycles. The highest BCUT2D eigenvalue weighted by Crippen LogP contribution is 2.07. The molecular formula is C13H16N4O. The van der Waals surface area contributed by atoms with E-state index in [2.05, 4.69) is 15.3 Å². The molecule has 5 nitrogen and oxygen atoms in total. The lowest BCUT2D eigenvalue weighted by Gasteiger charge is -2.07. The number of hydrogen-bond acceptors (Lipinski definition) is 4. The zero-order chi connectivity index (χ0) is 13.0. The molecule has 2 heterocycles. The fourth-order valence-corrected chi connectivity index (χ4v) is 1.68. The summed E-state index contributed by atoms with van der Waals surface area (Å²) < 4.78 is 1.58. The molecule has 0 radical (unpaired) electrons. The molecule has 0 unspecified atom stereocenters. The summed E-state index contributed by atoms with van der Waals surface area (Å²) in [6.45, 7) is 5.15. The third-order valence-corrected chi connectivity index (χ3v) is 2.55. The van der Waals surface area contributed by atoms with Crippen LogP contribution in [0.1, 0.15) is 18.2 Å². The molecule has 0 amide bonds. The highest BCUT2D eigenvalue weighted by Gasteiger charge is 2.00. The van der Waals surface area contributed by atoms with E-state index in [0.717, 1.165) is 23.6 Å². The molecule has 2 rings (SSSR count). The molecule has 0 atom stereocenters. The molecule has 0 fully saturated rings. The Morgan fingerprint density at radius 2 is 2.17 bits per heavy atom. The third kappa shape index (κ3) is 2.94. The number of pyridine rings is 1. The Hall–Kier alpha value is -2.17. The van der Waals surface area contributed by atoms with Crippen molar-refractivity contribution in [2.75, 3.05) is 11.9 Å². The van der Waals surface area contributed by atoms with Crippen molar-refractivity contribution in [2.45, 2.75) is 20.4 Å². The molecule has 0 aromatic carbocycles. The molecule has 5 heteroatoms. The Bertz CT molecular complexity index is 592. The van der Waals surface area contributed by atoms with Gasteiger partial charge in [0.2, 0.25) is 0 Å². The van der Waals surface area contributed by atoms with Crippen molar-refractivity contribution in [2.24, 2.45) is 0 Å². The number of aromatic nitrogens is 3. The van der Waals surface area contributed by atoms with Gasteiger partial charge < -0.3 is 5.32 Å². The summed E-state index contributed by atoms with van der Waals surface area (Å²) >= 11 is 0. The van der Waals surface area contributed by atoms with Crippen LogP contribution in [0.25, 0.3) is 0 Å². The SMILES string of the molecule is CCNc1cc(Cn2cnc(C)cc2=O)ccn1. The first kappa shape index (κ1) is 12.3. The topological polar surface area (TPSA) is 59.8 Å². The van der Waals surface area contributed by atoms with Gasteiger partial charge in [-0.3, -0.25) is 9.36 Å². The van der Waals surface area contributed by atoms with Crippen molar-refractivity contribution in [1.82, 2.24) is 14.5 Å². The molecule has 2 aromatic rings. The normalized spacial score (nSPS) is 10.3. The van der Waals surface area contributed by atoms with Gasteiger partial charge in [-0.2, -0.15) is 0 Å².